The van der Waals surface area contributed by atoms with E-state index in [2.05, 4.69) is 4.98 Å². The molecule has 1 fully saturated rings. The Morgan fingerprint density at radius 3 is 2.40 bits per heavy atom. The number of aryl methyl sites for hydroxylation is 1. The Balaban J connectivity index is 1.89. The maximum atomic E-state index is 13.7. The molecule has 180 valence electrons. The summed E-state index contributed by atoms with van der Waals surface area (Å²) in [6.45, 7) is 3.88. The second-order valence-corrected chi connectivity index (χ2v) is 8.56. The van der Waals surface area contributed by atoms with Crippen molar-refractivity contribution in [3.63, 3.8) is 0 Å². The Morgan fingerprint density at radius 1 is 1.14 bits per heavy atom. The molecule has 0 radical (unpaired) electrons. The van der Waals surface area contributed by atoms with E-state index in [-0.39, 0.29) is 15.6 Å². The summed E-state index contributed by atoms with van der Waals surface area (Å²) < 4.78 is 23.9. The Kier molecular flexibility index (Phi) is 6.65. The average Bonchev–Trinajstić information content (AvgIpc) is 3.36. The largest absolute Gasteiger partial charge is 0.507 e. The number of Topliss-reactive ketones (excluding diaryl/α,β-unsaturated/α-hetero) is 1. The number of ether oxygens (including phenoxy) is 2. The van der Waals surface area contributed by atoms with Gasteiger partial charge in [-0.1, -0.05) is 23.5 Å². The number of rotatable bonds is 6. The molecule has 1 aliphatic heterocycles. The highest BCUT2D eigenvalue weighted by atomic mass is 32.1. The third-order valence-corrected chi connectivity index (χ3v) is 6.57. The molecule has 1 atom stereocenters. The molecule has 1 N–H and O–H groups in total. The van der Waals surface area contributed by atoms with Crippen molar-refractivity contribution < 1.29 is 33.4 Å². The molecule has 0 saturated carbocycles. The van der Waals surface area contributed by atoms with Crippen molar-refractivity contribution in [1.29, 1.82) is 0 Å². The van der Waals surface area contributed by atoms with E-state index < -0.39 is 35.3 Å². The van der Waals surface area contributed by atoms with E-state index in [1.807, 2.05) is 6.92 Å². The summed E-state index contributed by atoms with van der Waals surface area (Å²) in [4.78, 5) is 44.1. The van der Waals surface area contributed by atoms with Gasteiger partial charge in [-0.15, -0.1) is 0 Å². The molecule has 2 aromatic carbocycles. The summed E-state index contributed by atoms with van der Waals surface area (Å²) in [5.41, 5.74) is 0.816. The Morgan fingerprint density at radius 2 is 1.80 bits per heavy atom. The van der Waals surface area contributed by atoms with Crippen LogP contribution in [0.4, 0.5) is 9.52 Å². The van der Waals surface area contributed by atoms with Crippen molar-refractivity contribution >= 4 is 39.9 Å². The number of methoxy groups -OCH3 is 1. The molecule has 4 rings (SSSR count). The third kappa shape index (κ3) is 4.40. The van der Waals surface area contributed by atoms with E-state index in [1.165, 1.54) is 31.4 Å². The maximum absolute atomic E-state index is 13.7. The lowest BCUT2D eigenvalue weighted by Crippen LogP contribution is -2.29. The van der Waals surface area contributed by atoms with Crippen LogP contribution in [0.5, 0.6) is 5.75 Å². The number of carbonyl (C=O) groups is 3. The molecule has 1 saturated heterocycles. The highest BCUT2D eigenvalue weighted by Gasteiger charge is 2.48. The van der Waals surface area contributed by atoms with Crippen LogP contribution >= 0.6 is 11.3 Å². The number of hydrogen-bond acceptors (Lipinski definition) is 8. The molecule has 35 heavy (non-hydrogen) atoms. The number of anilines is 1. The number of aliphatic hydroxyl groups excluding tert-OH is 1. The first kappa shape index (κ1) is 24.1. The summed E-state index contributed by atoms with van der Waals surface area (Å²) in [5.74, 6) is -2.82. The van der Waals surface area contributed by atoms with E-state index in [9.17, 15) is 23.9 Å². The number of halogens is 1. The second-order valence-electron chi connectivity index (χ2n) is 7.58. The zero-order valence-electron chi connectivity index (χ0n) is 19.1. The normalized spacial score (nSPS) is 17.0. The lowest BCUT2D eigenvalue weighted by atomic mass is 9.95. The number of ketones is 1. The first-order valence-electron chi connectivity index (χ1n) is 10.6. The standard InChI is InChI=1S/C25H21FN2O6S/c1-4-34-17-11-7-15(8-12-17)20(29)18-19(14-5-9-16(26)10-6-14)28(23(31)21(18)30)25-27-13(2)22(35-25)24(32)33-3/h5-12,19,29H,4H2,1-3H3/t19-/m0/s1. The second kappa shape index (κ2) is 9.67. The van der Waals surface area contributed by atoms with Crippen LogP contribution in [0.3, 0.4) is 0 Å². The molecule has 1 aliphatic rings. The van der Waals surface area contributed by atoms with Gasteiger partial charge < -0.3 is 14.6 Å². The molecular weight excluding hydrogens is 475 g/mol. The molecular formula is C25H21FN2O6S. The first-order valence-corrected chi connectivity index (χ1v) is 11.4. The van der Waals surface area contributed by atoms with Crippen molar-refractivity contribution in [1.82, 2.24) is 4.98 Å². The predicted molar refractivity (Wildman–Crippen MR) is 127 cm³/mol. The SMILES string of the molecule is CCOc1ccc(C(O)=C2C(=O)C(=O)N(c3nc(C)c(C(=O)OC)s3)[C@H]2c2ccc(F)cc2)cc1. The van der Waals surface area contributed by atoms with Crippen molar-refractivity contribution in [2.75, 3.05) is 18.6 Å². The van der Waals surface area contributed by atoms with Crippen molar-refractivity contribution in [3.8, 4) is 5.75 Å². The van der Waals surface area contributed by atoms with Gasteiger partial charge in [-0.3, -0.25) is 14.5 Å². The van der Waals surface area contributed by atoms with Gasteiger partial charge in [-0.25, -0.2) is 14.2 Å². The molecule has 0 unspecified atom stereocenters. The Hall–Kier alpha value is -4.05. The van der Waals surface area contributed by atoms with Gasteiger partial charge in [0.05, 0.1) is 31.0 Å². The number of benzene rings is 2. The van der Waals surface area contributed by atoms with E-state index in [4.69, 9.17) is 9.47 Å². The van der Waals surface area contributed by atoms with Crippen molar-refractivity contribution in [3.05, 3.63) is 81.6 Å². The Labute approximate surface area is 204 Å². The fraction of sp³-hybridized carbons (Fsp3) is 0.200. The molecule has 8 nitrogen and oxygen atoms in total. The van der Waals surface area contributed by atoms with Gasteiger partial charge in [-0.05, 0) is 55.8 Å². The number of aliphatic hydroxyl groups is 1. The lowest BCUT2D eigenvalue weighted by Gasteiger charge is -2.23. The first-order chi connectivity index (χ1) is 16.8. The van der Waals surface area contributed by atoms with E-state index in [1.54, 1.807) is 31.2 Å². The molecule has 0 bridgehead atoms. The van der Waals surface area contributed by atoms with Crippen LogP contribution in [0.1, 0.15) is 39.5 Å². The zero-order valence-corrected chi connectivity index (χ0v) is 19.9. The topological polar surface area (TPSA) is 106 Å². The smallest absolute Gasteiger partial charge is 0.350 e. The Bertz CT molecular complexity index is 1330. The fourth-order valence-electron chi connectivity index (χ4n) is 3.79. The van der Waals surface area contributed by atoms with Crippen LogP contribution in [-0.2, 0) is 14.3 Å². The number of amides is 1. The molecule has 1 aromatic heterocycles. The molecule has 10 heteroatoms. The van der Waals surface area contributed by atoms with Crippen LogP contribution in [-0.4, -0.2) is 41.5 Å². The average molecular weight is 497 g/mol. The number of nitrogens with zero attached hydrogens (tertiary/aromatic N) is 2. The van der Waals surface area contributed by atoms with Crippen LogP contribution < -0.4 is 9.64 Å². The van der Waals surface area contributed by atoms with Gasteiger partial charge in [0, 0.05) is 5.56 Å². The minimum Gasteiger partial charge on any atom is -0.507 e. The molecule has 0 aliphatic carbocycles. The molecule has 0 spiro atoms. The van der Waals surface area contributed by atoms with Gasteiger partial charge in [0.15, 0.2) is 5.13 Å². The maximum Gasteiger partial charge on any atom is 0.350 e. The van der Waals surface area contributed by atoms with E-state index in [0.717, 1.165) is 16.2 Å². The van der Waals surface area contributed by atoms with Gasteiger partial charge in [0.25, 0.3) is 5.78 Å². The number of aromatic nitrogens is 1. The minimum atomic E-state index is -1.10. The number of thiazole rings is 1. The summed E-state index contributed by atoms with van der Waals surface area (Å²) in [6.07, 6.45) is 0. The highest BCUT2D eigenvalue weighted by molar-refractivity contribution is 7.17. The van der Waals surface area contributed by atoms with Crippen molar-refractivity contribution in [2.24, 2.45) is 0 Å². The monoisotopic (exact) mass is 496 g/mol. The van der Waals surface area contributed by atoms with Gasteiger partial charge in [0.2, 0.25) is 0 Å². The number of esters is 1. The third-order valence-electron chi connectivity index (χ3n) is 5.43. The number of hydrogen-bond donors (Lipinski definition) is 1. The summed E-state index contributed by atoms with van der Waals surface area (Å²) in [6, 6.07) is 10.5. The van der Waals surface area contributed by atoms with Crippen LogP contribution in [0.2, 0.25) is 0 Å². The highest BCUT2D eigenvalue weighted by Crippen LogP contribution is 2.44. The predicted octanol–water partition coefficient (Wildman–Crippen LogP) is 4.40. The van der Waals surface area contributed by atoms with Crippen LogP contribution in [0.15, 0.2) is 54.1 Å². The minimum absolute atomic E-state index is 0.0741. The van der Waals surface area contributed by atoms with Crippen LogP contribution in [0.25, 0.3) is 5.76 Å². The molecule has 3 aromatic rings. The molecule has 2 heterocycles. The van der Waals surface area contributed by atoms with Gasteiger partial charge in [0.1, 0.15) is 22.2 Å². The van der Waals surface area contributed by atoms with E-state index in [0.29, 0.717) is 29.2 Å². The summed E-state index contributed by atoms with van der Waals surface area (Å²) >= 11 is 0.886. The fourth-order valence-corrected chi connectivity index (χ4v) is 4.80. The summed E-state index contributed by atoms with van der Waals surface area (Å²) in [5, 5.41) is 11.2. The number of carbonyl (C=O) groups excluding carboxylic acids is 3. The van der Waals surface area contributed by atoms with E-state index >= 15 is 0 Å². The van der Waals surface area contributed by atoms with Crippen molar-refractivity contribution in [2.45, 2.75) is 19.9 Å². The zero-order chi connectivity index (χ0) is 25.3. The quantitative estimate of drug-likeness (QED) is 0.233. The van der Waals surface area contributed by atoms with Crippen LogP contribution in [0, 0.1) is 12.7 Å². The lowest BCUT2D eigenvalue weighted by molar-refractivity contribution is -0.132. The molecule has 1 amide bonds. The van der Waals surface area contributed by atoms with Gasteiger partial charge >= 0.3 is 11.9 Å². The summed E-state index contributed by atoms with van der Waals surface area (Å²) in [7, 11) is 1.22. The van der Waals surface area contributed by atoms with Gasteiger partial charge in [-0.2, -0.15) is 0 Å².